The van der Waals surface area contributed by atoms with Gasteiger partial charge in [0.15, 0.2) is 23.0 Å². The van der Waals surface area contributed by atoms with Gasteiger partial charge < -0.3 is 24.3 Å². The second-order valence-corrected chi connectivity index (χ2v) is 7.18. The molecule has 1 atom stereocenters. The Hall–Kier alpha value is -3.87. The van der Waals surface area contributed by atoms with Crippen LogP contribution in [-0.4, -0.2) is 33.3 Å². The SMILES string of the molecule is COc1cccc(C2Nc3ccccc3C(=O)N2c2ccc3c(c2)OCCO3)c1OC. The molecule has 158 valence electrons. The number of methoxy groups -OCH3 is 2. The largest absolute Gasteiger partial charge is 0.493 e. The molecule has 0 aliphatic carbocycles. The smallest absolute Gasteiger partial charge is 0.262 e. The van der Waals surface area contributed by atoms with Gasteiger partial charge in [-0.05, 0) is 30.3 Å². The minimum Gasteiger partial charge on any atom is -0.493 e. The number of carbonyl (C=O) groups is 1. The molecule has 2 aliphatic heterocycles. The fraction of sp³-hybridized carbons (Fsp3) is 0.208. The van der Waals surface area contributed by atoms with Crippen molar-refractivity contribution in [1.29, 1.82) is 0 Å². The van der Waals surface area contributed by atoms with Crippen LogP contribution in [0.3, 0.4) is 0 Å². The predicted molar refractivity (Wildman–Crippen MR) is 117 cm³/mol. The lowest BCUT2D eigenvalue weighted by molar-refractivity contribution is 0.0974. The molecule has 0 aromatic heterocycles. The Balaban J connectivity index is 1.68. The Morgan fingerprint density at radius 2 is 1.74 bits per heavy atom. The van der Waals surface area contributed by atoms with Crippen LogP contribution in [0.15, 0.2) is 60.7 Å². The Kier molecular flexibility index (Phi) is 4.78. The summed E-state index contributed by atoms with van der Waals surface area (Å²) in [5.74, 6) is 2.32. The molecule has 0 radical (unpaired) electrons. The number of nitrogens with one attached hydrogen (secondary N) is 1. The number of fused-ring (bicyclic) bond motifs is 2. The molecule has 31 heavy (non-hydrogen) atoms. The third kappa shape index (κ3) is 3.18. The summed E-state index contributed by atoms with van der Waals surface area (Å²) in [6.07, 6.45) is -0.519. The van der Waals surface area contributed by atoms with Crippen LogP contribution in [0.4, 0.5) is 11.4 Å². The van der Waals surface area contributed by atoms with E-state index in [-0.39, 0.29) is 5.91 Å². The van der Waals surface area contributed by atoms with Crippen molar-refractivity contribution in [2.45, 2.75) is 6.17 Å². The molecule has 7 nitrogen and oxygen atoms in total. The van der Waals surface area contributed by atoms with E-state index in [0.717, 1.165) is 11.3 Å². The number of hydrogen-bond donors (Lipinski definition) is 1. The number of ether oxygens (including phenoxy) is 4. The normalized spacial score (nSPS) is 16.9. The Bertz CT molecular complexity index is 1150. The zero-order chi connectivity index (χ0) is 21.4. The van der Waals surface area contributed by atoms with Gasteiger partial charge in [-0.2, -0.15) is 0 Å². The lowest BCUT2D eigenvalue weighted by Gasteiger charge is -2.39. The van der Waals surface area contributed by atoms with Crippen molar-refractivity contribution in [2.75, 3.05) is 37.7 Å². The monoisotopic (exact) mass is 418 g/mol. The highest BCUT2D eigenvalue weighted by atomic mass is 16.6. The first-order valence-corrected chi connectivity index (χ1v) is 10.0. The van der Waals surface area contributed by atoms with E-state index < -0.39 is 6.17 Å². The molecule has 0 saturated carbocycles. The zero-order valence-electron chi connectivity index (χ0n) is 17.3. The summed E-state index contributed by atoms with van der Waals surface area (Å²) in [6.45, 7) is 0.978. The van der Waals surface area contributed by atoms with Crippen molar-refractivity contribution in [1.82, 2.24) is 0 Å². The molecule has 1 amide bonds. The van der Waals surface area contributed by atoms with Gasteiger partial charge in [-0.25, -0.2) is 0 Å². The molecule has 2 aliphatic rings. The van der Waals surface area contributed by atoms with Gasteiger partial charge in [0.25, 0.3) is 5.91 Å². The summed E-state index contributed by atoms with van der Waals surface area (Å²) in [5.41, 5.74) is 2.82. The molecule has 5 rings (SSSR count). The molecule has 7 heteroatoms. The van der Waals surface area contributed by atoms with Gasteiger partial charge in [0.2, 0.25) is 0 Å². The van der Waals surface area contributed by atoms with Crippen molar-refractivity contribution < 1.29 is 23.7 Å². The van der Waals surface area contributed by atoms with E-state index in [4.69, 9.17) is 18.9 Å². The van der Waals surface area contributed by atoms with Crippen LogP contribution in [0.1, 0.15) is 22.1 Å². The Morgan fingerprint density at radius 3 is 2.55 bits per heavy atom. The highest BCUT2D eigenvalue weighted by Crippen LogP contribution is 2.44. The summed E-state index contributed by atoms with van der Waals surface area (Å²) in [6, 6.07) is 18.6. The summed E-state index contributed by atoms with van der Waals surface area (Å²) in [4.78, 5) is 15.4. The average Bonchev–Trinajstić information content (AvgIpc) is 2.83. The van der Waals surface area contributed by atoms with Gasteiger partial charge in [0, 0.05) is 17.3 Å². The number of nitrogens with zero attached hydrogens (tertiary/aromatic N) is 1. The summed E-state index contributed by atoms with van der Waals surface area (Å²) in [7, 11) is 3.18. The van der Waals surface area contributed by atoms with E-state index in [9.17, 15) is 4.79 Å². The number of carbonyl (C=O) groups excluding carboxylic acids is 1. The highest BCUT2D eigenvalue weighted by Gasteiger charge is 2.36. The second-order valence-electron chi connectivity index (χ2n) is 7.18. The van der Waals surface area contributed by atoms with Crippen molar-refractivity contribution in [3.63, 3.8) is 0 Å². The summed E-state index contributed by atoms with van der Waals surface area (Å²) >= 11 is 0. The van der Waals surface area contributed by atoms with Crippen LogP contribution in [0, 0.1) is 0 Å². The van der Waals surface area contributed by atoms with Crippen molar-refractivity contribution in [3.8, 4) is 23.0 Å². The fourth-order valence-corrected chi connectivity index (χ4v) is 4.05. The van der Waals surface area contributed by atoms with Crippen LogP contribution >= 0.6 is 0 Å². The van der Waals surface area contributed by atoms with Gasteiger partial charge >= 0.3 is 0 Å². The van der Waals surface area contributed by atoms with Gasteiger partial charge in [-0.3, -0.25) is 9.69 Å². The maximum Gasteiger partial charge on any atom is 0.262 e. The van der Waals surface area contributed by atoms with E-state index >= 15 is 0 Å². The van der Waals surface area contributed by atoms with Crippen molar-refractivity contribution in [2.24, 2.45) is 0 Å². The molecule has 0 fully saturated rings. The van der Waals surface area contributed by atoms with Crippen LogP contribution in [0.25, 0.3) is 0 Å². The zero-order valence-corrected chi connectivity index (χ0v) is 17.3. The summed E-state index contributed by atoms with van der Waals surface area (Å²) in [5, 5.41) is 3.50. The first-order chi connectivity index (χ1) is 15.2. The number of benzene rings is 3. The predicted octanol–water partition coefficient (Wildman–Crippen LogP) is 4.25. The van der Waals surface area contributed by atoms with Crippen molar-refractivity contribution in [3.05, 3.63) is 71.8 Å². The number of para-hydroxylation sites is 2. The lowest BCUT2D eigenvalue weighted by atomic mass is 10.0. The quantitative estimate of drug-likeness (QED) is 0.683. The van der Waals surface area contributed by atoms with Crippen LogP contribution in [0.5, 0.6) is 23.0 Å². The fourth-order valence-electron chi connectivity index (χ4n) is 4.05. The van der Waals surface area contributed by atoms with E-state index in [1.54, 1.807) is 19.1 Å². The van der Waals surface area contributed by atoms with E-state index in [2.05, 4.69) is 5.32 Å². The first-order valence-electron chi connectivity index (χ1n) is 10.0. The third-order valence-electron chi connectivity index (χ3n) is 5.46. The second kappa shape index (κ2) is 7.75. The number of anilines is 2. The topological polar surface area (TPSA) is 69.3 Å². The van der Waals surface area contributed by atoms with Gasteiger partial charge in [0.05, 0.1) is 25.5 Å². The molecular formula is C24H22N2O5. The minimum absolute atomic E-state index is 0.124. The molecule has 0 bridgehead atoms. The average molecular weight is 418 g/mol. The maximum absolute atomic E-state index is 13.7. The Labute approximate surface area is 180 Å². The molecule has 0 spiro atoms. The van der Waals surface area contributed by atoms with Crippen molar-refractivity contribution >= 4 is 17.3 Å². The first kappa shape index (κ1) is 19.1. The van der Waals surface area contributed by atoms with Crippen LogP contribution in [-0.2, 0) is 0 Å². The van der Waals surface area contributed by atoms with Gasteiger partial charge in [-0.1, -0.05) is 24.3 Å². The maximum atomic E-state index is 13.7. The van der Waals surface area contributed by atoms with E-state index in [1.165, 1.54) is 0 Å². The molecule has 3 aromatic carbocycles. The molecule has 1 N–H and O–H groups in total. The number of amides is 1. The molecule has 0 saturated heterocycles. The van der Waals surface area contributed by atoms with Gasteiger partial charge in [0.1, 0.15) is 19.4 Å². The van der Waals surface area contributed by atoms with E-state index in [0.29, 0.717) is 47.5 Å². The van der Waals surface area contributed by atoms with E-state index in [1.807, 2.05) is 60.7 Å². The highest BCUT2D eigenvalue weighted by molar-refractivity contribution is 6.12. The van der Waals surface area contributed by atoms with Crippen LogP contribution < -0.4 is 29.2 Å². The number of hydrogen-bond acceptors (Lipinski definition) is 6. The molecular weight excluding hydrogens is 396 g/mol. The molecule has 2 heterocycles. The standard InChI is InChI=1S/C24H22N2O5/c1-28-20-9-5-7-17(22(20)29-2)23-25-18-8-4-3-6-16(18)24(27)26(23)15-10-11-19-21(14-15)31-13-12-30-19/h3-11,14,23,25H,12-13H2,1-2H3. The van der Waals surface area contributed by atoms with Gasteiger partial charge in [-0.15, -0.1) is 0 Å². The molecule has 1 unspecified atom stereocenters. The molecule has 3 aromatic rings. The van der Waals surface area contributed by atoms with Crippen LogP contribution in [0.2, 0.25) is 0 Å². The Morgan fingerprint density at radius 1 is 0.935 bits per heavy atom. The minimum atomic E-state index is -0.519. The third-order valence-corrected chi connectivity index (χ3v) is 5.46. The summed E-state index contributed by atoms with van der Waals surface area (Å²) < 4.78 is 22.6. The lowest BCUT2D eigenvalue weighted by Crippen LogP contribution is -2.43. The number of rotatable bonds is 4.